The molecule has 1 heterocycles. The lowest BCUT2D eigenvalue weighted by atomic mass is 10.2. The van der Waals surface area contributed by atoms with E-state index in [9.17, 15) is 9.18 Å². The van der Waals surface area contributed by atoms with Crippen LogP contribution in [0.2, 0.25) is 5.02 Å². The molecule has 0 unspecified atom stereocenters. The van der Waals surface area contributed by atoms with E-state index in [0.29, 0.717) is 10.7 Å². The minimum absolute atomic E-state index is 0.122. The lowest BCUT2D eigenvalue weighted by molar-refractivity contribution is 0.0946. The van der Waals surface area contributed by atoms with Crippen molar-refractivity contribution in [2.45, 2.75) is 6.54 Å². The number of amides is 1. The lowest BCUT2D eigenvalue weighted by Gasteiger charge is -2.06. The Labute approximate surface area is 142 Å². The Hall–Kier alpha value is -2.93. The second kappa shape index (κ2) is 7.10. The highest BCUT2D eigenvalue weighted by molar-refractivity contribution is 6.30. The van der Waals surface area contributed by atoms with Gasteiger partial charge in [0.25, 0.3) is 5.91 Å². The SMILES string of the molecule is O=C(NCc1ccc(F)cc1)c1n[nH]nc1Nc1cccc(Cl)c1. The Bertz CT molecular complexity index is 850. The number of hydrogen-bond donors (Lipinski definition) is 3. The van der Waals surface area contributed by atoms with E-state index >= 15 is 0 Å². The largest absolute Gasteiger partial charge is 0.346 e. The van der Waals surface area contributed by atoms with E-state index in [2.05, 4.69) is 26.0 Å². The normalized spacial score (nSPS) is 10.4. The first-order chi connectivity index (χ1) is 11.6. The summed E-state index contributed by atoms with van der Waals surface area (Å²) in [6.45, 7) is 0.253. The van der Waals surface area contributed by atoms with Crippen molar-refractivity contribution >= 4 is 29.0 Å². The molecule has 8 heteroatoms. The molecule has 0 saturated heterocycles. The summed E-state index contributed by atoms with van der Waals surface area (Å²) in [7, 11) is 0. The van der Waals surface area contributed by atoms with Gasteiger partial charge in [0.15, 0.2) is 11.5 Å². The van der Waals surface area contributed by atoms with Gasteiger partial charge in [-0.15, -0.1) is 10.2 Å². The zero-order valence-corrected chi connectivity index (χ0v) is 13.1. The first-order valence-corrected chi connectivity index (χ1v) is 7.45. The maximum Gasteiger partial charge on any atom is 0.275 e. The minimum atomic E-state index is -0.405. The van der Waals surface area contributed by atoms with Gasteiger partial charge in [-0.25, -0.2) is 4.39 Å². The average Bonchev–Trinajstić information content (AvgIpc) is 3.02. The minimum Gasteiger partial charge on any atom is -0.346 e. The van der Waals surface area contributed by atoms with Crippen LogP contribution < -0.4 is 10.6 Å². The third-order valence-electron chi connectivity index (χ3n) is 3.22. The maximum atomic E-state index is 12.9. The molecule has 0 bridgehead atoms. The van der Waals surface area contributed by atoms with Gasteiger partial charge in [0.05, 0.1) is 0 Å². The fraction of sp³-hybridized carbons (Fsp3) is 0.0625. The van der Waals surface area contributed by atoms with E-state index in [4.69, 9.17) is 11.6 Å². The summed E-state index contributed by atoms with van der Waals surface area (Å²) >= 11 is 5.93. The Kier molecular flexibility index (Phi) is 4.72. The first-order valence-electron chi connectivity index (χ1n) is 7.08. The Balaban J connectivity index is 1.67. The smallest absolute Gasteiger partial charge is 0.275 e. The predicted octanol–water partition coefficient (Wildman–Crippen LogP) is 3.27. The maximum absolute atomic E-state index is 12.9. The van der Waals surface area contributed by atoms with Crippen LogP contribution in [0.4, 0.5) is 15.9 Å². The molecule has 3 N–H and O–H groups in total. The van der Waals surface area contributed by atoms with Crippen LogP contribution in [-0.4, -0.2) is 21.3 Å². The molecule has 0 aliphatic rings. The lowest BCUT2D eigenvalue weighted by Crippen LogP contribution is -2.24. The summed E-state index contributed by atoms with van der Waals surface area (Å²) in [5.74, 6) is -0.443. The molecule has 1 amide bonds. The summed E-state index contributed by atoms with van der Waals surface area (Å²) in [6, 6.07) is 12.9. The Morgan fingerprint density at radius 1 is 1.17 bits per heavy atom. The van der Waals surface area contributed by atoms with E-state index in [1.54, 1.807) is 36.4 Å². The number of halogens is 2. The van der Waals surface area contributed by atoms with Crippen LogP contribution in [0.5, 0.6) is 0 Å². The van der Waals surface area contributed by atoms with Crippen molar-refractivity contribution in [3.8, 4) is 0 Å². The van der Waals surface area contributed by atoms with Crippen LogP contribution in [0.1, 0.15) is 16.1 Å². The summed E-state index contributed by atoms with van der Waals surface area (Å²) < 4.78 is 12.9. The summed E-state index contributed by atoms with van der Waals surface area (Å²) in [6.07, 6.45) is 0. The van der Waals surface area contributed by atoms with Gasteiger partial charge >= 0.3 is 0 Å². The highest BCUT2D eigenvalue weighted by Gasteiger charge is 2.16. The van der Waals surface area contributed by atoms with Crippen LogP contribution in [0.25, 0.3) is 0 Å². The van der Waals surface area contributed by atoms with Crippen molar-refractivity contribution < 1.29 is 9.18 Å². The summed E-state index contributed by atoms with van der Waals surface area (Å²) in [4.78, 5) is 12.3. The fourth-order valence-electron chi connectivity index (χ4n) is 2.05. The number of carbonyl (C=O) groups excluding carboxylic acids is 1. The van der Waals surface area contributed by atoms with Crippen molar-refractivity contribution in [2.75, 3.05) is 5.32 Å². The second-order valence-electron chi connectivity index (χ2n) is 4.97. The first kappa shape index (κ1) is 15.9. The predicted molar refractivity (Wildman–Crippen MR) is 88.7 cm³/mol. The molecular weight excluding hydrogens is 333 g/mol. The van der Waals surface area contributed by atoms with Gasteiger partial charge in [-0.1, -0.05) is 29.8 Å². The number of H-pyrrole nitrogens is 1. The molecule has 24 heavy (non-hydrogen) atoms. The molecule has 1 aromatic heterocycles. The Morgan fingerprint density at radius 2 is 1.96 bits per heavy atom. The van der Waals surface area contributed by atoms with E-state index in [0.717, 1.165) is 5.56 Å². The van der Waals surface area contributed by atoms with Crippen LogP contribution in [0.3, 0.4) is 0 Å². The van der Waals surface area contributed by atoms with Crippen LogP contribution >= 0.6 is 11.6 Å². The monoisotopic (exact) mass is 345 g/mol. The van der Waals surface area contributed by atoms with Crippen LogP contribution in [-0.2, 0) is 6.54 Å². The molecule has 3 aromatic rings. The second-order valence-corrected chi connectivity index (χ2v) is 5.40. The van der Waals surface area contributed by atoms with E-state index in [1.165, 1.54) is 12.1 Å². The third kappa shape index (κ3) is 3.88. The van der Waals surface area contributed by atoms with Crippen molar-refractivity contribution in [3.05, 3.63) is 70.6 Å². The van der Waals surface area contributed by atoms with Gasteiger partial charge in [-0.05, 0) is 35.9 Å². The highest BCUT2D eigenvalue weighted by Crippen LogP contribution is 2.20. The quantitative estimate of drug-likeness (QED) is 0.662. The number of benzene rings is 2. The summed E-state index contributed by atoms with van der Waals surface area (Å²) in [5.41, 5.74) is 1.58. The number of hydrogen-bond acceptors (Lipinski definition) is 4. The highest BCUT2D eigenvalue weighted by atomic mass is 35.5. The van der Waals surface area contributed by atoms with Crippen molar-refractivity contribution in [2.24, 2.45) is 0 Å². The van der Waals surface area contributed by atoms with Gasteiger partial charge < -0.3 is 10.6 Å². The molecule has 0 fully saturated rings. The molecule has 0 atom stereocenters. The van der Waals surface area contributed by atoms with Gasteiger partial charge in [0.1, 0.15) is 5.82 Å². The number of aromatic amines is 1. The summed E-state index contributed by atoms with van der Waals surface area (Å²) in [5, 5.41) is 16.4. The molecular formula is C16H13ClFN5O. The molecule has 0 spiro atoms. The third-order valence-corrected chi connectivity index (χ3v) is 3.45. The number of carbonyl (C=O) groups is 1. The number of aromatic nitrogens is 3. The molecule has 3 rings (SSSR count). The standard InChI is InChI=1S/C16H13ClFN5O/c17-11-2-1-3-13(8-11)20-15-14(21-23-22-15)16(24)19-9-10-4-6-12(18)7-5-10/h1-8H,9H2,(H,19,24)(H2,20,21,22,23). The van der Waals surface area contributed by atoms with E-state index in [1.807, 2.05) is 0 Å². The Morgan fingerprint density at radius 3 is 2.71 bits per heavy atom. The van der Waals surface area contributed by atoms with Crippen molar-refractivity contribution in [1.29, 1.82) is 0 Å². The number of nitrogens with one attached hydrogen (secondary N) is 3. The van der Waals surface area contributed by atoms with Crippen molar-refractivity contribution in [3.63, 3.8) is 0 Å². The molecule has 2 aromatic carbocycles. The van der Waals surface area contributed by atoms with Gasteiger partial charge in [-0.2, -0.15) is 5.21 Å². The van der Waals surface area contributed by atoms with Crippen molar-refractivity contribution in [1.82, 2.24) is 20.7 Å². The molecule has 0 aliphatic heterocycles. The molecule has 0 aliphatic carbocycles. The number of rotatable bonds is 5. The van der Waals surface area contributed by atoms with Crippen LogP contribution in [0.15, 0.2) is 48.5 Å². The molecule has 0 saturated carbocycles. The molecule has 0 radical (unpaired) electrons. The molecule has 122 valence electrons. The zero-order chi connectivity index (χ0) is 16.9. The topological polar surface area (TPSA) is 82.7 Å². The van der Waals surface area contributed by atoms with Gasteiger partial charge in [0.2, 0.25) is 0 Å². The fourth-order valence-corrected chi connectivity index (χ4v) is 2.24. The zero-order valence-electron chi connectivity index (χ0n) is 12.4. The number of anilines is 2. The average molecular weight is 346 g/mol. The number of nitrogens with zero attached hydrogens (tertiary/aromatic N) is 2. The van der Waals surface area contributed by atoms with Gasteiger partial charge in [-0.3, -0.25) is 4.79 Å². The van der Waals surface area contributed by atoms with Crippen LogP contribution in [0, 0.1) is 5.82 Å². The molecule has 6 nitrogen and oxygen atoms in total. The van der Waals surface area contributed by atoms with E-state index < -0.39 is 5.91 Å². The van der Waals surface area contributed by atoms with E-state index in [-0.39, 0.29) is 23.9 Å². The van der Waals surface area contributed by atoms with Gasteiger partial charge in [0, 0.05) is 17.3 Å².